The van der Waals surface area contributed by atoms with Gasteiger partial charge in [-0.2, -0.15) is 0 Å². The van der Waals surface area contributed by atoms with E-state index in [1.54, 1.807) is 0 Å². The molecule has 0 radical (unpaired) electrons. The molecule has 0 aromatic heterocycles. The Balaban J connectivity index is 5.31. The summed E-state index contributed by atoms with van der Waals surface area (Å²) in [5.41, 5.74) is 0. The highest BCUT2D eigenvalue weighted by Crippen LogP contribution is 2.38. The van der Waals surface area contributed by atoms with Crippen LogP contribution in [0.5, 0.6) is 0 Å². The monoisotopic (exact) mass is 1060 g/mol. The molecule has 0 aromatic carbocycles. The number of allylic oxidation sites excluding steroid dienone is 11. The minimum Gasteiger partial charge on any atom is -0.756 e. The number of hydrogen-bond donors (Lipinski definition) is 1. The van der Waals surface area contributed by atoms with Gasteiger partial charge in [-0.1, -0.05) is 255 Å². The lowest BCUT2D eigenvalue weighted by atomic mass is 10.0. The number of amides is 1. The zero-order valence-corrected chi connectivity index (χ0v) is 49.9. The summed E-state index contributed by atoms with van der Waals surface area (Å²) in [6.45, 7) is 6.73. The summed E-state index contributed by atoms with van der Waals surface area (Å²) in [4.78, 5) is 40.0. The average molecular weight is 1060 g/mol. The number of esters is 1. The maximum Gasteiger partial charge on any atom is 0.306 e. The molecule has 0 rings (SSSR count). The number of unbranched alkanes of at least 4 members (excludes halogenated alkanes) is 29. The summed E-state index contributed by atoms with van der Waals surface area (Å²) >= 11 is 0. The van der Waals surface area contributed by atoms with E-state index >= 15 is 0 Å². The van der Waals surface area contributed by atoms with E-state index in [-0.39, 0.29) is 24.9 Å². The standard InChI is InChI=1S/C64H117N2O7P/c1-7-10-13-16-19-22-25-28-30-31-32-33-34-35-36-39-42-45-48-51-54-57-64(68)73-62(55-52-49-46-43-40-37-27-24-21-18-15-12-9-3)61(60-72-74(69,70)71-59-58-66(4,5)6)65-63(67)56-53-50-47-44-41-38-29-26-23-20-17-14-11-8-2/h10,13,19,22,28,30,32-33,35-36,52,55,61-62H,7-9,11-12,14-18,20-21,23-27,29,31,34,37-51,53-54,56-60H2,1-6H3,(H-,65,67,69,70)/b13-10-,22-19-,30-28-,33-32-,36-35-,55-52+. The second kappa shape index (κ2) is 53.8. The van der Waals surface area contributed by atoms with Gasteiger partial charge < -0.3 is 28.5 Å². The highest BCUT2D eigenvalue weighted by Gasteiger charge is 2.27. The van der Waals surface area contributed by atoms with Gasteiger partial charge in [0.1, 0.15) is 19.3 Å². The van der Waals surface area contributed by atoms with Crippen molar-refractivity contribution >= 4 is 19.7 Å². The molecule has 3 atom stereocenters. The highest BCUT2D eigenvalue weighted by atomic mass is 31.2. The first kappa shape index (κ1) is 71.5. The largest absolute Gasteiger partial charge is 0.756 e. The van der Waals surface area contributed by atoms with Crippen molar-refractivity contribution in [3.8, 4) is 0 Å². The van der Waals surface area contributed by atoms with Crippen LogP contribution in [0.25, 0.3) is 0 Å². The molecule has 9 nitrogen and oxygen atoms in total. The van der Waals surface area contributed by atoms with Crippen molar-refractivity contribution < 1.29 is 37.3 Å². The molecule has 0 aliphatic rings. The lowest BCUT2D eigenvalue weighted by Gasteiger charge is -2.30. The first-order valence-electron chi connectivity index (χ1n) is 30.7. The van der Waals surface area contributed by atoms with E-state index < -0.39 is 26.6 Å². The number of carbonyl (C=O) groups is 2. The zero-order valence-electron chi connectivity index (χ0n) is 49.0. The average Bonchev–Trinajstić information content (AvgIpc) is 3.36. The van der Waals surface area contributed by atoms with Gasteiger partial charge in [-0.05, 0) is 76.7 Å². The number of phosphoric ester groups is 1. The van der Waals surface area contributed by atoms with E-state index in [4.69, 9.17) is 13.8 Å². The second-order valence-corrected chi connectivity index (χ2v) is 23.2. The van der Waals surface area contributed by atoms with Crippen molar-refractivity contribution in [3.63, 3.8) is 0 Å². The summed E-state index contributed by atoms with van der Waals surface area (Å²) in [6.07, 6.45) is 68.6. The number of rotatable bonds is 55. The Bertz CT molecular complexity index is 1500. The van der Waals surface area contributed by atoms with Crippen molar-refractivity contribution in [1.82, 2.24) is 5.32 Å². The first-order valence-corrected chi connectivity index (χ1v) is 32.2. The molecule has 0 spiro atoms. The topological polar surface area (TPSA) is 114 Å². The van der Waals surface area contributed by atoms with Gasteiger partial charge in [0.15, 0.2) is 0 Å². The molecule has 0 fully saturated rings. The number of likely N-dealkylation sites (N-methyl/N-ethyl adjacent to an activating group) is 1. The van der Waals surface area contributed by atoms with Gasteiger partial charge in [-0.3, -0.25) is 14.2 Å². The van der Waals surface area contributed by atoms with Gasteiger partial charge in [-0.25, -0.2) is 0 Å². The number of phosphoric acid groups is 1. The number of ether oxygens (including phenoxy) is 1. The minimum absolute atomic E-state index is 0.0267. The van der Waals surface area contributed by atoms with E-state index in [0.717, 1.165) is 103 Å². The number of carbonyl (C=O) groups excluding carboxylic acids is 2. The van der Waals surface area contributed by atoms with Gasteiger partial charge in [0.25, 0.3) is 7.82 Å². The van der Waals surface area contributed by atoms with Crippen molar-refractivity contribution in [3.05, 3.63) is 72.9 Å². The summed E-state index contributed by atoms with van der Waals surface area (Å²) in [7, 11) is 1.17. The van der Waals surface area contributed by atoms with Crippen LogP contribution >= 0.6 is 7.82 Å². The molecule has 0 saturated heterocycles. The first-order chi connectivity index (χ1) is 35.9. The smallest absolute Gasteiger partial charge is 0.306 e. The number of nitrogens with zero attached hydrogens (tertiary/aromatic N) is 1. The predicted molar refractivity (Wildman–Crippen MR) is 316 cm³/mol. The van der Waals surface area contributed by atoms with E-state index in [2.05, 4.69) is 86.8 Å². The third-order valence-corrected chi connectivity index (χ3v) is 14.4. The molecule has 0 heterocycles. The Kier molecular flexibility index (Phi) is 52.0. The molecular weight excluding hydrogens is 940 g/mol. The molecule has 0 aromatic rings. The summed E-state index contributed by atoms with van der Waals surface area (Å²) < 4.78 is 30.3. The van der Waals surface area contributed by atoms with Gasteiger partial charge in [0.2, 0.25) is 5.91 Å². The van der Waals surface area contributed by atoms with Crippen molar-refractivity contribution in [1.29, 1.82) is 0 Å². The maximum atomic E-state index is 13.5. The Hall–Kier alpha value is -2.55. The lowest BCUT2D eigenvalue weighted by molar-refractivity contribution is -0.870. The quantitative estimate of drug-likeness (QED) is 0.0212. The molecule has 0 aliphatic heterocycles. The third kappa shape index (κ3) is 54.2. The summed E-state index contributed by atoms with van der Waals surface area (Å²) in [6, 6.07) is -0.896. The zero-order chi connectivity index (χ0) is 54.3. The molecule has 10 heteroatoms. The van der Waals surface area contributed by atoms with Crippen LogP contribution in [0.15, 0.2) is 72.9 Å². The van der Waals surface area contributed by atoms with E-state index in [9.17, 15) is 19.0 Å². The lowest BCUT2D eigenvalue weighted by Crippen LogP contribution is -2.47. The van der Waals surface area contributed by atoms with Crippen LogP contribution in [-0.4, -0.2) is 69.4 Å². The Morgan fingerprint density at radius 3 is 1.30 bits per heavy atom. The predicted octanol–water partition coefficient (Wildman–Crippen LogP) is 18.2. The normalized spacial score (nSPS) is 14.2. The van der Waals surface area contributed by atoms with Crippen LogP contribution in [0, 0.1) is 0 Å². The van der Waals surface area contributed by atoms with Crippen molar-refractivity contribution in [2.45, 2.75) is 283 Å². The van der Waals surface area contributed by atoms with Crippen molar-refractivity contribution in [2.75, 3.05) is 40.9 Å². The van der Waals surface area contributed by atoms with Crippen LogP contribution in [-0.2, 0) is 27.9 Å². The van der Waals surface area contributed by atoms with Gasteiger partial charge in [-0.15, -0.1) is 0 Å². The van der Waals surface area contributed by atoms with Gasteiger partial charge in [0, 0.05) is 12.8 Å². The SMILES string of the molecule is CC/C=C\C/C=C\C/C=C\C/C=C\C/C=C\CCCCCCCC(=O)OC(/C=C/CCCCCCCCCCCCC)C(COP(=O)([O-])OCC[N+](C)(C)C)NC(=O)CCCCCCCCCCCCCCCC. The van der Waals surface area contributed by atoms with Crippen LogP contribution < -0.4 is 10.2 Å². The molecule has 430 valence electrons. The number of nitrogens with one attached hydrogen (secondary N) is 1. The van der Waals surface area contributed by atoms with Gasteiger partial charge in [0.05, 0.1) is 33.8 Å². The van der Waals surface area contributed by atoms with E-state index in [1.165, 1.54) is 128 Å². The van der Waals surface area contributed by atoms with Gasteiger partial charge >= 0.3 is 5.97 Å². The fourth-order valence-electron chi connectivity index (χ4n) is 8.67. The highest BCUT2D eigenvalue weighted by molar-refractivity contribution is 7.45. The molecule has 0 aliphatic carbocycles. The molecule has 3 unspecified atom stereocenters. The Morgan fingerprint density at radius 1 is 0.486 bits per heavy atom. The third-order valence-electron chi connectivity index (χ3n) is 13.4. The van der Waals surface area contributed by atoms with Crippen LogP contribution in [0.3, 0.4) is 0 Å². The minimum atomic E-state index is -4.70. The molecular formula is C64H117N2O7P. The molecule has 1 amide bonds. The molecule has 0 saturated carbocycles. The van der Waals surface area contributed by atoms with Crippen LogP contribution in [0.2, 0.25) is 0 Å². The summed E-state index contributed by atoms with van der Waals surface area (Å²) in [5, 5.41) is 3.02. The fraction of sp³-hybridized carbons (Fsp3) is 0.781. The Morgan fingerprint density at radius 2 is 0.865 bits per heavy atom. The summed E-state index contributed by atoms with van der Waals surface area (Å²) in [5.74, 6) is -0.558. The molecule has 1 N–H and O–H groups in total. The molecule has 74 heavy (non-hydrogen) atoms. The Labute approximate surface area is 457 Å². The fourth-order valence-corrected chi connectivity index (χ4v) is 9.39. The maximum absolute atomic E-state index is 13.5. The van der Waals surface area contributed by atoms with E-state index in [0.29, 0.717) is 23.9 Å². The number of quaternary nitrogens is 1. The number of hydrogen-bond acceptors (Lipinski definition) is 7. The van der Waals surface area contributed by atoms with E-state index in [1.807, 2.05) is 33.3 Å². The molecule has 0 bridgehead atoms. The van der Waals surface area contributed by atoms with Crippen LogP contribution in [0.1, 0.15) is 271 Å². The second-order valence-electron chi connectivity index (χ2n) is 21.8. The van der Waals surface area contributed by atoms with Crippen LogP contribution in [0.4, 0.5) is 0 Å². The van der Waals surface area contributed by atoms with Crippen molar-refractivity contribution in [2.24, 2.45) is 0 Å².